The molecule has 2 bridgehead atoms. The molecule has 0 aromatic carbocycles. The Morgan fingerprint density at radius 1 is 1.26 bits per heavy atom. The number of ether oxygens (including phenoxy) is 1. The Morgan fingerprint density at radius 2 is 1.96 bits per heavy atom. The molecule has 0 aromatic heterocycles. The van der Waals surface area contributed by atoms with Crippen LogP contribution in [-0.2, 0) is 9.53 Å². The zero-order chi connectivity index (χ0) is 19.8. The summed E-state index contributed by atoms with van der Waals surface area (Å²) in [6.45, 7) is 9.63. The molecule has 0 heterocycles. The minimum absolute atomic E-state index is 0.177. The highest BCUT2D eigenvalue weighted by Gasteiger charge is 2.71. The maximum absolute atomic E-state index is 11.6. The van der Waals surface area contributed by atoms with Gasteiger partial charge in [-0.2, -0.15) is 0 Å². The number of carbonyl (C=O) groups excluding carboxylic acids is 1. The van der Waals surface area contributed by atoms with Crippen LogP contribution in [0.25, 0.3) is 0 Å². The molecule has 9 atom stereocenters. The Labute approximate surface area is 161 Å². The molecule has 5 nitrogen and oxygen atoms in total. The molecule has 4 rings (SSSR count). The molecular weight excluding hydrogens is 344 g/mol. The van der Waals surface area contributed by atoms with E-state index in [2.05, 4.69) is 13.5 Å². The molecule has 0 radical (unpaired) electrons. The molecule has 4 saturated carbocycles. The second-order valence-electron chi connectivity index (χ2n) is 10.3. The summed E-state index contributed by atoms with van der Waals surface area (Å²) < 4.78 is 5.58. The minimum atomic E-state index is -0.939. The first-order valence-corrected chi connectivity index (χ1v) is 10.4. The van der Waals surface area contributed by atoms with Crippen molar-refractivity contribution in [2.24, 2.45) is 34.0 Å². The quantitative estimate of drug-likeness (QED) is 0.507. The van der Waals surface area contributed by atoms with Crippen molar-refractivity contribution in [2.45, 2.75) is 77.6 Å². The summed E-state index contributed by atoms with van der Waals surface area (Å²) in [7, 11) is 0. The van der Waals surface area contributed by atoms with E-state index in [4.69, 9.17) is 4.74 Å². The lowest BCUT2D eigenvalue weighted by molar-refractivity contribution is -0.277. The number of fused-ring (bicyclic) bond motifs is 3. The van der Waals surface area contributed by atoms with Crippen LogP contribution < -0.4 is 0 Å². The van der Waals surface area contributed by atoms with Gasteiger partial charge < -0.3 is 20.1 Å². The van der Waals surface area contributed by atoms with Gasteiger partial charge >= 0.3 is 5.97 Å². The van der Waals surface area contributed by atoms with Crippen LogP contribution in [0.2, 0.25) is 0 Å². The maximum Gasteiger partial charge on any atom is 0.302 e. The zero-order valence-electron chi connectivity index (χ0n) is 16.8. The van der Waals surface area contributed by atoms with Gasteiger partial charge in [-0.25, -0.2) is 0 Å². The summed E-state index contributed by atoms with van der Waals surface area (Å²) >= 11 is 0. The van der Waals surface area contributed by atoms with E-state index in [1.165, 1.54) is 12.5 Å². The Bertz CT molecular complexity index is 661. The lowest BCUT2D eigenvalue weighted by atomic mass is 9.39. The molecule has 152 valence electrons. The average Bonchev–Trinajstić information content (AvgIpc) is 2.86. The van der Waals surface area contributed by atoms with Crippen molar-refractivity contribution in [3.05, 3.63) is 12.2 Å². The van der Waals surface area contributed by atoms with Crippen LogP contribution in [0.1, 0.15) is 59.3 Å². The molecule has 0 saturated heterocycles. The average molecular weight is 379 g/mol. The van der Waals surface area contributed by atoms with Crippen LogP contribution >= 0.6 is 0 Å². The Morgan fingerprint density at radius 3 is 2.59 bits per heavy atom. The first-order valence-electron chi connectivity index (χ1n) is 10.4. The van der Waals surface area contributed by atoms with Gasteiger partial charge in [0.1, 0.15) is 6.10 Å². The molecule has 4 fully saturated rings. The summed E-state index contributed by atoms with van der Waals surface area (Å²) in [5, 5.41) is 33.1. The third-order valence-electron chi connectivity index (χ3n) is 9.06. The van der Waals surface area contributed by atoms with Gasteiger partial charge in [-0.05, 0) is 55.8 Å². The monoisotopic (exact) mass is 378 g/mol. The van der Waals surface area contributed by atoms with Crippen molar-refractivity contribution in [1.82, 2.24) is 0 Å². The third-order valence-corrected chi connectivity index (χ3v) is 9.06. The molecular formula is C22H34O5. The van der Waals surface area contributed by atoms with E-state index in [9.17, 15) is 20.1 Å². The fourth-order valence-electron chi connectivity index (χ4n) is 8.06. The summed E-state index contributed by atoms with van der Waals surface area (Å²) in [4.78, 5) is 11.6. The van der Waals surface area contributed by atoms with Gasteiger partial charge in [0.15, 0.2) is 0 Å². The lowest BCUT2D eigenvalue weighted by Crippen LogP contribution is -2.70. The van der Waals surface area contributed by atoms with Crippen LogP contribution in [0.3, 0.4) is 0 Å². The normalized spacial score (nSPS) is 54.2. The summed E-state index contributed by atoms with van der Waals surface area (Å²) in [6, 6.07) is 0. The number of hydrogen-bond acceptors (Lipinski definition) is 5. The van der Waals surface area contributed by atoms with Gasteiger partial charge in [0.25, 0.3) is 0 Å². The number of aliphatic hydroxyl groups excluding tert-OH is 3. The Hall–Kier alpha value is -0.910. The number of aliphatic hydroxyl groups is 3. The van der Waals surface area contributed by atoms with E-state index < -0.39 is 23.7 Å². The molecule has 1 spiro atoms. The second kappa shape index (κ2) is 6.04. The first-order chi connectivity index (χ1) is 12.6. The molecule has 4 aliphatic rings. The largest absolute Gasteiger partial charge is 0.462 e. The maximum atomic E-state index is 11.6. The van der Waals surface area contributed by atoms with E-state index >= 15 is 0 Å². The van der Waals surface area contributed by atoms with E-state index in [0.717, 1.165) is 32.1 Å². The number of rotatable bonds is 2. The van der Waals surface area contributed by atoms with Gasteiger partial charge in [-0.3, -0.25) is 4.79 Å². The second-order valence-corrected chi connectivity index (χ2v) is 10.3. The van der Waals surface area contributed by atoms with Crippen molar-refractivity contribution >= 4 is 5.97 Å². The highest BCUT2D eigenvalue weighted by Crippen LogP contribution is 2.72. The highest BCUT2D eigenvalue weighted by molar-refractivity contribution is 5.66. The first kappa shape index (κ1) is 19.4. The molecule has 0 aromatic rings. The van der Waals surface area contributed by atoms with Crippen molar-refractivity contribution in [1.29, 1.82) is 0 Å². The van der Waals surface area contributed by atoms with E-state index in [0.29, 0.717) is 12.3 Å². The van der Waals surface area contributed by atoms with Crippen molar-refractivity contribution in [3.63, 3.8) is 0 Å². The summed E-state index contributed by atoms with van der Waals surface area (Å²) in [5.41, 5.74) is -0.0468. The Balaban J connectivity index is 1.79. The Kier molecular flexibility index (Phi) is 4.34. The molecule has 3 N–H and O–H groups in total. The predicted octanol–water partition coefficient (Wildman–Crippen LogP) is 2.43. The number of allylic oxidation sites excluding steroid dienone is 1. The molecule has 5 heteroatoms. The smallest absolute Gasteiger partial charge is 0.302 e. The molecule has 4 aliphatic carbocycles. The van der Waals surface area contributed by atoms with Gasteiger partial charge in [0.05, 0.1) is 18.8 Å². The van der Waals surface area contributed by atoms with Crippen LogP contribution in [0, 0.1) is 34.0 Å². The third kappa shape index (κ3) is 2.37. The standard InChI is InChI=1S/C22H34O5/c1-12-9-22-10-14(12)5-6-15(22)20(3)8-7-16(27-13(2)24)21(4,11-23)18(20)17(25)19(22)26/h14-19,23,25-26H,1,5-11H2,2-4H3/t14-,15+,16-,17+,18+,19+,20+,21+,22+/m1/s1. The molecule has 0 aliphatic heterocycles. The fourth-order valence-corrected chi connectivity index (χ4v) is 8.06. The van der Waals surface area contributed by atoms with Crippen LogP contribution in [0.15, 0.2) is 12.2 Å². The number of esters is 1. The fraction of sp³-hybridized carbons (Fsp3) is 0.864. The van der Waals surface area contributed by atoms with Crippen molar-refractivity contribution in [2.75, 3.05) is 6.61 Å². The van der Waals surface area contributed by atoms with Crippen molar-refractivity contribution in [3.8, 4) is 0 Å². The molecule has 0 unspecified atom stereocenters. The van der Waals surface area contributed by atoms with E-state index in [-0.39, 0.29) is 35.2 Å². The number of hydrogen-bond donors (Lipinski definition) is 3. The van der Waals surface area contributed by atoms with E-state index in [1.807, 2.05) is 6.92 Å². The highest BCUT2D eigenvalue weighted by atomic mass is 16.5. The SMILES string of the molecule is C=C1C[C@]23C[C@H]1CC[C@H]2[C@]1(C)CC[C@@H](OC(C)=O)[C@](C)(CO)[C@H]1[C@H](O)[C@@H]3O. The zero-order valence-corrected chi connectivity index (χ0v) is 16.8. The minimum Gasteiger partial charge on any atom is -0.462 e. The van der Waals surface area contributed by atoms with Gasteiger partial charge in [0, 0.05) is 23.7 Å². The number of carbonyl (C=O) groups is 1. The summed E-state index contributed by atoms with van der Waals surface area (Å²) in [6.07, 6.45) is 3.15. The van der Waals surface area contributed by atoms with Gasteiger partial charge in [-0.15, -0.1) is 0 Å². The van der Waals surface area contributed by atoms with Crippen LogP contribution in [0.4, 0.5) is 0 Å². The molecule has 27 heavy (non-hydrogen) atoms. The predicted molar refractivity (Wildman–Crippen MR) is 101 cm³/mol. The van der Waals surface area contributed by atoms with Crippen molar-refractivity contribution < 1.29 is 24.9 Å². The van der Waals surface area contributed by atoms with Gasteiger partial charge in [-0.1, -0.05) is 26.0 Å². The summed E-state index contributed by atoms with van der Waals surface area (Å²) in [5.74, 6) is 0.0697. The topological polar surface area (TPSA) is 87.0 Å². The molecule has 0 amide bonds. The van der Waals surface area contributed by atoms with Gasteiger partial charge in [0.2, 0.25) is 0 Å². The van der Waals surface area contributed by atoms with Crippen LogP contribution in [0.5, 0.6) is 0 Å². The van der Waals surface area contributed by atoms with Crippen LogP contribution in [-0.4, -0.2) is 46.2 Å². The lowest BCUT2D eigenvalue weighted by Gasteiger charge is -2.67. The van der Waals surface area contributed by atoms with E-state index in [1.54, 1.807) is 0 Å².